The Hall–Kier alpha value is -1.10. The number of urea groups is 1. The Morgan fingerprint density at radius 2 is 1.58 bits per heavy atom. The van der Waals surface area contributed by atoms with E-state index in [9.17, 15) is 9.59 Å². The molecule has 1 aliphatic carbocycles. The Morgan fingerprint density at radius 1 is 1.08 bits per heavy atom. The molecule has 0 aromatic heterocycles. The summed E-state index contributed by atoms with van der Waals surface area (Å²) in [5.41, 5.74) is -0.684. The molecule has 1 saturated carbocycles. The lowest BCUT2D eigenvalue weighted by Gasteiger charge is -2.42. The van der Waals surface area contributed by atoms with Gasteiger partial charge in [-0.25, -0.2) is 9.69 Å². The molecule has 2 rings (SSSR count). The molecule has 24 heavy (non-hydrogen) atoms. The first-order valence-electron chi connectivity index (χ1n) is 9.54. The first-order chi connectivity index (χ1) is 11.2. The van der Waals surface area contributed by atoms with Crippen molar-refractivity contribution in [3.05, 3.63) is 0 Å². The van der Waals surface area contributed by atoms with Crippen LogP contribution in [0.2, 0.25) is 0 Å². The zero-order chi connectivity index (χ0) is 18.1. The van der Waals surface area contributed by atoms with Crippen LogP contribution in [-0.2, 0) is 4.79 Å². The van der Waals surface area contributed by atoms with Crippen LogP contribution >= 0.6 is 0 Å². The molecular formula is C19H35N3O2. The topological polar surface area (TPSA) is 52.6 Å². The number of rotatable bonds is 6. The van der Waals surface area contributed by atoms with Gasteiger partial charge in [-0.3, -0.25) is 9.69 Å². The summed E-state index contributed by atoms with van der Waals surface area (Å²) in [5.74, 6) is 1.40. The van der Waals surface area contributed by atoms with E-state index in [1.54, 1.807) is 0 Å². The van der Waals surface area contributed by atoms with Crippen LogP contribution < -0.4 is 5.32 Å². The number of carbonyl (C=O) groups is 2. The zero-order valence-electron chi connectivity index (χ0n) is 16.3. The zero-order valence-corrected chi connectivity index (χ0v) is 16.3. The van der Waals surface area contributed by atoms with Crippen molar-refractivity contribution in [3.8, 4) is 0 Å². The summed E-state index contributed by atoms with van der Waals surface area (Å²) in [6.07, 6.45) is 3.15. The van der Waals surface area contributed by atoms with E-state index in [-0.39, 0.29) is 23.8 Å². The van der Waals surface area contributed by atoms with Crippen molar-refractivity contribution in [2.24, 2.45) is 23.7 Å². The number of nitrogens with zero attached hydrogens (tertiary/aromatic N) is 2. The van der Waals surface area contributed by atoms with Crippen molar-refractivity contribution in [2.75, 3.05) is 19.8 Å². The highest BCUT2D eigenvalue weighted by molar-refractivity contribution is 6.07. The summed E-state index contributed by atoms with van der Waals surface area (Å²) < 4.78 is 0. The van der Waals surface area contributed by atoms with Gasteiger partial charge in [0.15, 0.2) is 0 Å². The number of hydrogen-bond acceptors (Lipinski definition) is 3. The molecule has 2 atom stereocenters. The van der Waals surface area contributed by atoms with E-state index >= 15 is 0 Å². The molecule has 1 aliphatic heterocycles. The summed E-state index contributed by atoms with van der Waals surface area (Å²) in [5, 5.41) is 3.09. The van der Waals surface area contributed by atoms with Crippen LogP contribution in [0.15, 0.2) is 0 Å². The Morgan fingerprint density at radius 3 is 2.04 bits per heavy atom. The molecule has 0 bridgehead atoms. The van der Waals surface area contributed by atoms with Crippen molar-refractivity contribution in [2.45, 2.75) is 66.3 Å². The van der Waals surface area contributed by atoms with Gasteiger partial charge in [-0.15, -0.1) is 0 Å². The van der Waals surface area contributed by atoms with Gasteiger partial charge in [0.25, 0.3) is 5.91 Å². The predicted octanol–water partition coefficient (Wildman–Crippen LogP) is 3.30. The second-order valence-corrected chi connectivity index (χ2v) is 8.73. The molecule has 1 N–H and O–H groups in total. The second-order valence-electron chi connectivity index (χ2n) is 8.73. The molecule has 2 unspecified atom stereocenters. The van der Waals surface area contributed by atoms with Gasteiger partial charge in [-0.2, -0.15) is 0 Å². The Balaban J connectivity index is 2.18. The van der Waals surface area contributed by atoms with Crippen LogP contribution in [0.1, 0.15) is 60.8 Å². The maximum Gasteiger partial charge on any atom is 0.326 e. The lowest BCUT2D eigenvalue weighted by molar-refractivity contribution is -0.138. The highest BCUT2D eigenvalue weighted by Crippen LogP contribution is 2.42. The van der Waals surface area contributed by atoms with E-state index in [4.69, 9.17) is 0 Å². The van der Waals surface area contributed by atoms with E-state index in [0.717, 1.165) is 32.4 Å². The van der Waals surface area contributed by atoms with Crippen molar-refractivity contribution in [1.82, 2.24) is 15.1 Å². The summed E-state index contributed by atoms with van der Waals surface area (Å²) >= 11 is 0. The highest BCUT2D eigenvalue weighted by Gasteiger charge is 2.58. The van der Waals surface area contributed by atoms with Crippen molar-refractivity contribution < 1.29 is 9.59 Å². The summed E-state index contributed by atoms with van der Waals surface area (Å²) in [6, 6.07) is -0.210. The maximum absolute atomic E-state index is 13.2. The average Bonchev–Trinajstić information content (AvgIpc) is 2.69. The molecule has 3 amide bonds. The molecule has 1 heterocycles. The molecule has 5 heteroatoms. The SMILES string of the molecule is CC(C)CN(CC(C)C)CN1C(=O)NC2(C1=O)C(C)CCCC2C. The number of imide groups is 1. The third kappa shape index (κ3) is 3.61. The molecule has 2 aliphatic rings. The van der Waals surface area contributed by atoms with E-state index in [2.05, 4.69) is 51.8 Å². The van der Waals surface area contributed by atoms with E-state index in [1.165, 1.54) is 4.90 Å². The molecule has 0 aromatic rings. The minimum atomic E-state index is -0.684. The lowest BCUT2D eigenvalue weighted by Crippen LogP contribution is -2.59. The van der Waals surface area contributed by atoms with Gasteiger partial charge in [0.05, 0.1) is 6.67 Å². The molecule has 1 saturated heterocycles. The van der Waals surface area contributed by atoms with Crippen LogP contribution in [0.5, 0.6) is 0 Å². The number of carbonyl (C=O) groups excluding carboxylic acids is 2. The quantitative estimate of drug-likeness (QED) is 0.757. The maximum atomic E-state index is 13.2. The van der Waals surface area contributed by atoms with Crippen LogP contribution in [0.25, 0.3) is 0 Å². The van der Waals surface area contributed by atoms with Crippen LogP contribution in [-0.4, -0.2) is 47.0 Å². The molecule has 0 radical (unpaired) electrons. The number of amides is 3. The monoisotopic (exact) mass is 337 g/mol. The summed E-state index contributed by atoms with van der Waals surface area (Å²) in [6.45, 7) is 15.1. The minimum absolute atomic E-state index is 0.00953. The first kappa shape index (κ1) is 19.2. The van der Waals surface area contributed by atoms with Crippen LogP contribution in [0.4, 0.5) is 4.79 Å². The molecule has 1 spiro atoms. The summed E-state index contributed by atoms with van der Waals surface area (Å²) in [7, 11) is 0. The molecule has 5 nitrogen and oxygen atoms in total. The number of nitrogens with one attached hydrogen (secondary N) is 1. The Labute approximate surface area is 147 Å². The summed E-state index contributed by atoms with van der Waals surface area (Å²) in [4.78, 5) is 29.6. The predicted molar refractivity (Wildman–Crippen MR) is 96.4 cm³/mol. The van der Waals surface area contributed by atoms with E-state index < -0.39 is 5.54 Å². The Kier molecular flexibility index (Phi) is 5.95. The second kappa shape index (κ2) is 7.42. The van der Waals surface area contributed by atoms with Crippen LogP contribution in [0, 0.1) is 23.7 Å². The highest BCUT2D eigenvalue weighted by atomic mass is 16.2. The van der Waals surface area contributed by atoms with Gasteiger partial charge < -0.3 is 5.32 Å². The van der Waals surface area contributed by atoms with E-state index in [0.29, 0.717) is 18.5 Å². The fourth-order valence-electron chi connectivity index (χ4n) is 4.50. The van der Waals surface area contributed by atoms with Gasteiger partial charge >= 0.3 is 6.03 Å². The first-order valence-corrected chi connectivity index (χ1v) is 9.54. The third-order valence-electron chi connectivity index (χ3n) is 5.57. The molecular weight excluding hydrogens is 302 g/mol. The van der Waals surface area contributed by atoms with Crippen molar-refractivity contribution >= 4 is 11.9 Å². The standard InChI is InChI=1S/C19H35N3O2/c1-13(2)10-21(11-14(3)4)12-22-17(23)19(20-18(22)24)15(5)8-7-9-16(19)6/h13-16H,7-12H2,1-6H3,(H,20,24). The fraction of sp³-hybridized carbons (Fsp3) is 0.895. The van der Waals surface area contributed by atoms with Gasteiger partial charge in [0.1, 0.15) is 5.54 Å². The van der Waals surface area contributed by atoms with Crippen LogP contribution in [0.3, 0.4) is 0 Å². The molecule has 138 valence electrons. The average molecular weight is 338 g/mol. The minimum Gasteiger partial charge on any atom is -0.323 e. The smallest absolute Gasteiger partial charge is 0.323 e. The normalized spacial score (nSPS) is 31.0. The third-order valence-corrected chi connectivity index (χ3v) is 5.57. The van der Waals surface area contributed by atoms with Gasteiger partial charge in [-0.1, -0.05) is 48.0 Å². The molecule has 2 fully saturated rings. The molecule has 0 aromatic carbocycles. The van der Waals surface area contributed by atoms with Gasteiger partial charge in [0, 0.05) is 13.1 Å². The van der Waals surface area contributed by atoms with Crippen molar-refractivity contribution in [1.29, 1.82) is 0 Å². The van der Waals surface area contributed by atoms with Gasteiger partial charge in [0.2, 0.25) is 0 Å². The Bertz CT molecular complexity index is 455. The fourth-order valence-corrected chi connectivity index (χ4v) is 4.50. The lowest BCUT2D eigenvalue weighted by atomic mass is 9.67. The number of hydrogen-bond donors (Lipinski definition) is 1. The van der Waals surface area contributed by atoms with Gasteiger partial charge in [-0.05, 0) is 36.5 Å². The van der Waals surface area contributed by atoms with Crippen molar-refractivity contribution in [3.63, 3.8) is 0 Å². The van der Waals surface area contributed by atoms with E-state index in [1.807, 2.05) is 0 Å². The largest absolute Gasteiger partial charge is 0.326 e.